The van der Waals surface area contributed by atoms with Crippen LogP contribution in [0.25, 0.3) is 0 Å². The fourth-order valence-corrected chi connectivity index (χ4v) is 2.89. The Morgan fingerprint density at radius 1 is 1.19 bits per heavy atom. The van der Waals surface area contributed by atoms with Crippen LogP contribution in [-0.2, 0) is 15.8 Å². The van der Waals surface area contributed by atoms with Crippen LogP contribution in [0.3, 0.4) is 0 Å². The quantitative estimate of drug-likeness (QED) is 0.686. The number of halogens is 6. The normalized spacial score (nSPS) is 16.7. The molecule has 0 bridgehead atoms. The predicted molar refractivity (Wildman–Crippen MR) is 92.5 cm³/mol. The van der Waals surface area contributed by atoms with Crippen LogP contribution in [-0.4, -0.2) is 17.7 Å². The first-order valence-corrected chi connectivity index (χ1v) is 8.27. The minimum absolute atomic E-state index is 0.00608. The van der Waals surface area contributed by atoms with Crippen LogP contribution in [0, 0.1) is 5.82 Å². The van der Waals surface area contributed by atoms with E-state index in [-0.39, 0.29) is 33.4 Å². The summed E-state index contributed by atoms with van der Waals surface area (Å²) in [5, 5.41) is 5.96. The molecule has 0 fully saturated rings. The summed E-state index contributed by atoms with van der Waals surface area (Å²) < 4.78 is 52.4. The second-order valence-corrected chi connectivity index (χ2v) is 6.43. The smallest absolute Gasteiger partial charge is 0.382 e. The maximum Gasteiger partial charge on any atom is 0.416 e. The number of oxime groups is 1. The lowest BCUT2D eigenvalue weighted by atomic mass is 10.0. The molecule has 0 radical (unpaired) electrons. The standard InChI is InChI=1S/C17H10Cl2F4N2O2/c18-9-5-4-8(17(21,22)23)6-12(9)24-16(26)14-7-13(25-27-14)15-10(19)2-1-3-11(15)20/h1-6,14H,7H2,(H,24,26). The fourth-order valence-electron chi connectivity index (χ4n) is 2.45. The maximum atomic E-state index is 13.9. The molecule has 0 saturated heterocycles. The van der Waals surface area contributed by atoms with Gasteiger partial charge in [-0.25, -0.2) is 4.39 Å². The number of carbonyl (C=O) groups excluding carboxylic acids is 1. The Hall–Kier alpha value is -2.32. The molecule has 1 unspecified atom stereocenters. The molecule has 1 heterocycles. The minimum atomic E-state index is -4.59. The molecule has 1 N–H and O–H groups in total. The summed E-state index contributed by atoms with van der Waals surface area (Å²) in [7, 11) is 0. The third-order valence-electron chi connectivity index (χ3n) is 3.76. The number of nitrogens with one attached hydrogen (secondary N) is 1. The van der Waals surface area contributed by atoms with Gasteiger partial charge in [0.05, 0.1) is 32.6 Å². The van der Waals surface area contributed by atoms with Crippen LogP contribution in [0.15, 0.2) is 41.6 Å². The highest BCUT2D eigenvalue weighted by Crippen LogP contribution is 2.34. The lowest BCUT2D eigenvalue weighted by Gasteiger charge is -2.13. The molecule has 1 aliphatic heterocycles. The van der Waals surface area contributed by atoms with Gasteiger partial charge >= 0.3 is 6.18 Å². The van der Waals surface area contributed by atoms with Crippen molar-refractivity contribution in [2.75, 3.05) is 5.32 Å². The van der Waals surface area contributed by atoms with Crippen LogP contribution in [0.4, 0.5) is 23.2 Å². The Kier molecular flexibility index (Phi) is 5.30. The Bertz CT molecular complexity index is 911. The van der Waals surface area contributed by atoms with E-state index < -0.39 is 29.6 Å². The molecule has 142 valence electrons. The zero-order chi connectivity index (χ0) is 19.8. The molecule has 2 aromatic rings. The van der Waals surface area contributed by atoms with E-state index in [1.54, 1.807) is 0 Å². The van der Waals surface area contributed by atoms with E-state index in [1.807, 2.05) is 0 Å². The van der Waals surface area contributed by atoms with Gasteiger partial charge in [0.15, 0.2) is 0 Å². The summed E-state index contributed by atoms with van der Waals surface area (Å²) in [5.41, 5.74) is -1.07. The van der Waals surface area contributed by atoms with E-state index >= 15 is 0 Å². The third kappa shape index (κ3) is 4.17. The topological polar surface area (TPSA) is 50.7 Å². The number of nitrogens with zero attached hydrogens (tertiary/aromatic N) is 1. The fraction of sp³-hybridized carbons (Fsp3) is 0.176. The number of benzene rings is 2. The molecule has 0 aromatic heterocycles. The van der Waals surface area contributed by atoms with Crippen molar-refractivity contribution < 1.29 is 27.2 Å². The Morgan fingerprint density at radius 2 is 1.93 bits per heavy atom. The highest BCUT2D eigenvalue weighted by atomic mass is 35.5. The second-order valence-electron chi connectivity index (χ2n) is 5.61. The molecule has 27 heavy (non-hydrogen) atoms. The zero-order valence-electron chi connectivity index (χ0n) is 13.3. The van der Waals surface area contributed by atoms with Gasteiger partial charge in [-0.15, -0.1) is 0 Å². The largest absolute Gasteiger partial charge is 0.416 e. The van der Waals surface area contributed by atoms with Gasteiger partial charge in [0.2, 0.25) is 6.10 Å². The van der Waals surface area contributed by atoms with Gasteiger partial charge in [-0.05, 0) is 30.3 Å². The number of carbonyl (C=O) groups is 1. The average molecular weight is 421 g/mol. The van der Waals surface area contributed by atoms with E-state index in [1.165, 1.54) is 18.2 Å². The highest BCUT2D eigenvalue weighted by Gasteiger charge is 2.33. The van der Waals surface area contributed by atoms with Crippen molar-refractivity contribution in [3.63, 3.8) is 0 Å². The van der Waals surface area contributed by atoms with Crippen molar-refractivity contribution in [3.05, 3.63) is 63.4 Å². The van der Waals surface area contributed by atoms with Gasteiger partial charge in [-0.2, -0.15) is 13.2 Å². The predicted octanol–water partition coefficient (Wildman–Crippen LogP) is 5.28. The molecule has 4 nitrogen and oxygen atoms in total. The summed E-state index contributed by atoms with van der Waals surface area (Å²) in [6.45, 7) is 0. The van der Waals surface area contributed by atoms with Crippen LogP contribution < -0.4 is 5.32 Å². The molecular formula is C17H10Cl2F4N2O2. The lowest BCUT2D eigenvalue weighted by molar-refractivity contribution is -0.137. The van der Waals surface area contributed by atoms with Gasteiger partial charge in [0.25, 0.3) is 5.91 Å². The molecule has 10 heteroatoms. The average Bonchev–Trinajstić information content (AvgIpc) is 3.05. The molecule has 0 spiro atoms. The minimum Gasteiger partial charge on any atom is -0.382 e. The Morgan fingerprint density at radius 3 is 2.59 bits per heavy atom. The highest BCUT2D eigenvalue weighted by molar-refractivity contribution is 6.34. The summed E-state index contributed by atoms with van der Waals surface area (Å²) in [4.78, 5) is 17.3. The van der Waals surface area contributed by atoms with E-state index in [2.05, 4.69) is 10.5 Å². The van der Waals surface area contributed by atoms with Crippen LogP contribution in [0.5, 0.6) is 0 Å². The lowest BCUT2D eigenvalue weighted by Crippen LogP contribution is -2.28. The van der Waals surface area contributed by atoms with Gasteiger partial charge in [0.1, 0.15) is 5.82 Å². The van der Waals surface area contributed by atoms with Gasteiger partial charge in [-0.1, -0.05) is 34.4 Å². The number of anilines is 1. The van der Waals surface area contributed by atoms with Gasteiger partial charge in [-0.3, -0.25) is 4.79 Å². The first kappa shape index (κ1) is 19.4. The van der Waals surface area contributed by atoms with E-state index in [4.69, 9.17) is 28.0 Å². The second kappa shape index (κ2) is 7.36. The molecule has 1 amide bonds. The molecule has 1 aliphatic rings. The SMILES string of the molecule is O=C(Nc1cc(C(F)(F)F)ccc1Cl)C1CC(c2c(F)cccc2Cl)=NO1. The maximum absolute atomic E-state index is 13.9. The van der Waals surface area contributed by atoms with Gasteiger partial charge in [0, 0.05) is 6.42 Å². The van der Waals surface area contributed by atoms with Crippen LogP contribution in [0.1, 0.15) is 17.5 Å². The number of hydrogen-bond donors (Lipinski definition) is 1. The molecule has 2 aromatic carbocycles. The van der Waals surface area contributed by atoms with E-state index in [0.717, 1.165) is 12.1 Å². The number of alkyl halides is 3. The first-order chi connectivity index (χ1) is 12.7. The molecule has 0 aliphatic carbocycles. The van der Waals surface area contributed by atoms with Crippen molar-refractivity contribution in [2.24, 2.45) is 5.16 Å². The van der Waals surface area contributed by atoms with Crippen LogP contribution >= 0.6 is 23.2 Å². The van der Waals surface area contributed by atoms with Crippen molar-refractivity contribution in [1.82, 2.24) is 0 Å². The Balaban J connectivity index is 1.74. The van der Waals surface area contributed by atoms with Crippen molar-refractivity contribution >= 4 is 40.5 Å². The molecule has 1 atom stereocenters. The third-order valence-corrected chi connectivity index (χ3v) is 4.41. The number of hydrogen-bond acceptors (Lipinski definition) is 3. The first-order valence-electron chi connectivity index (χ1n) is 7.51. The summed E-state index contributed by atoms with van der Waals surface area (Å²) >= 11 is 11.8. The monoisotopic (exact) mass is 420 g/mol. The summed E-state index contributed by atoms with van der Waals surface area (Å²) in [6.07, 6.45) is -5.87. The van der Waals surface area contributed by atoms with Crippen molar-refractivity contribution in [1.29, 1.82) is 0 Å². The van der Waals surface area contributed by atoms with E-state index in [0.29, 0.717) is 6.07 Å². The molecular weight excluding hydrogens is 411 g/mol. The van der Waals surface area contributed by atoms with Crippen LogP contribution in [0.2, 0.25) is 10.0 Å². The number of rotatable bonds is 3. The Labute approximate surface area is 160 Å². The zero-order valence-corrected chi connectivity index (χ0v) is 14.8. The molecule has 0 saturated carbocycles. The molecule has 3 rings (SSSR count). The summed E-state index contributed by atoms with van der Waals surface area (Å²) in [5.74, 6) is -1.41. The van der Waals surface area contributed by atoms with Crippen molar-refractivity contribution in [3.8, 4) is 0 Å². The van der Waals surface area contributed by atoms with Gasteiger partial charge < -0.3 is 10.2 Å². The van der Waals surface area contributed by atoms with Crippen molar-refractivity contribution in [2.45, 2.75) is 18.7 Å². The summed E-state index contributed by atoms with van der Waals surface area (Å²) in [6, 6.07) is 6.59. The van der Waals surface area contributed by atoms with E-state index in [9.17, 15) is 22.4 Å². The number of amides is 1.